The summed E-state index contributed by atoms with van der Waals surface area (Å²) in [5, 5.41) is 7.29. The Bertz CT molecular complexity index is 554. The largest absolute Gasteiger partial charge is 0.337 e. The maximum absolute atomic E-state index is 12.9. The zero-order chi connectivity index (χ0) is 13.2. The van der Waals surface area contributed by atoms with Crippen LogP contribution in [0.2, 0.25) is 0 Å². The molecule has 1 aliphatic rings. The standard InChI is InChI=1S/C13H15FN4O/c1-18-7-6-15-11(8-18)13-16-12(17-19-13)9-2-4-10(14)5-3-9/h2-5,11,15H,6-8H2,1H3. The van der Waals surface area contributed by atoms with E-state index in [2.05, 4.69) is 27.4 Å². The van der Waals surface area contributed by atoms with Gasteiger partial charge in [0.05, 0.1) is 0 Å². The lowest BCUT2D eigenvalue weighted by Gasteiger charge is -2.28. The second kappa shape index (κ2) is 5.07. The highest BCUT2D eigenvalue weighted by atomic mass is 19.1. The Labute approximate surface area is 110 Å². The Morgan fingerprint density at radius 2 is 2.16 bits per heavy atom. The Morgan fingerprint density at radius 1 is 1.37 bits per heavy atom. The summed E-state index contributed by atoms with van der Waals surface area (Å²) in [6.45, 7) is 2.75. The Balaban J connectivity index is 1.81. The fraction of sp³-hybridized carbons (Fsp3) is 0.385. The number of halogens is 1. The molecule has 1 fully saturated rings. The van der Waals surface area contributed by atoms with E-state index < -0.39 is 0 Å². The number of benzene rings is 1. The molecule has 1 aromatic heterocycles. The normalized spacial score (nSPS) is 20.6. The number of likely N-dealkylation sites (N-methyl/N-ethyl adjacent to an activating group) is 1. The van der Waals surface area contributed by atoms with Gasteiger partial charge < -0.3 is 14.7 Å². The summed E-state index contributed by atoms with van der Waals surface area (Å²) in [5.41, 5.74) is 0.751. The van der Waals surface area contributed by atoms with Gasteiger partial charge in [0.15, 0.2) is 0 Å². The van der Waals surface area contributed by atoms with Gasteiger partial charge in [-0.3, -0.25) is 0 Å². The Morgan fingerprint density at radius 3 is 2.89 bits per heavy atom. The topological polar surface area (TPSA) is 54.2 Å². The Kier molecular flexibility index (Phi) is 3.27. The molecule has 6 heteroatoms. The molecule has 2 aromatic rings. The van der Waals surface area contributed by atoms with Crippen LogP contribution in [0.3, 0.4) is 0 Å². The third-order valence-electron chi connectivity index (χ3n) is 3.22. The number of nitrogens with one attached hydrogen (secondary N) is 1. The first-order valence-corrected chi connectivity index (χ1v) is 6.24. The van der Waals surface area contributed by atoms with Crippen molar-refractivity contribution in [3.05, 3.63) is 36.0 Å². The molecule has 0 spiro atoms. The average Bonchev–Trinajstić information content (AvgIpc) is 2.89. The molecular weight excluding hydrogens is 247 g/mol. The van der Waals surface area contributed by atoms with Crippen molar-refractivity contribution >= 4 is 0 Å². The summed E-state index contributed by atoms with van der Waals surface area (Å²) < 4.78 is 18.2. The molecule has 0 saturated carbocycles. The predicted octanol–water partition coefficient (Wildman–Crippen LogP) is 1.45. The van der Waals surface area contributed by atoms with Crippen molar-refractivity contribution in [2.45, 2.75) is 6.04 Å². The average molecular weight is 262 g/mol. The maximum atomic E-state index is 12.9. The summed E-state index contributed by atoms with van der Waals surface area (Å²) in [7, 11) is 2.06. The fourth-order valence-electron chi connectivity index (χ4n) is 2.16. The summed E-state index contributed by atoms with van der Waals surface area (Å²) in [4.78, 5) is 6.59. The maximum Gasteiger partial charge on any atom is 0.245 e. The summed E-state index contributed by atoms with van der Waals surface area (Å²) in [5.74, 6) is 0.791. The highest BCUT2D eigenvalue weighted by molar-refractivity contribution is 5.53. The van der Waals surface area contributed by atoms with Crippen molar-refractivity contribution < 1.29 is 8.91 Å². The molecular formula is C13H15FN4O. The first-order chi connectivity index (χ1) is 9.22. The highest BCUT2D eigenvalue weighted by Crippen LogP contribution is 2.20. The van der Waals surface area contributed by atoms with Crippen LogP contribution in [-0.2, 0) is 0 Å². The monoisotopic (exact) mass is 262 g/mol. The molecule has 1 unspecified atom stereocenters. The van der Waals surface area contributed by atoms with Gasteiger partial charge in [-0.2, -0.15) is 4.98 Å². The minimum atomic E-state index is -0.275. The van der Waals surface area contributed by atoms with Crippen LogP contribution in [-0.4, -0.2) is 41.7 Å². The van der Waals surface area contributed by atoms with Crippen LogP contribution in [0.25, 0.3) is 11.4 Å². The van der Waals surface area contributed by atoms with Gasteiger partial charge in [0.2, 0.25) is 11.7 Å². The lowest BCUT2D eigenvalue weighted by Crippen LogP contribution is -2.43. The van der Waals surface area contributed by atoms with Gasteiger partial charge in [-0.05, 0) is 31.3 Å². The van der Waals surface area contributed by atoms with E-state index in [-0.39, 0.29) is 11.9 Å². The molecule has 0 bridgehead atoms. The summed E-state index contributed by atoms with van der Waals surface area (Å²) in [6, 6.07) is 6.12. The first kappa shape index (κ1) is 12.3. The molecule has 0 aliphatic carbocycles. The van der Waals surface area contributed by atoms with E-state index >= 15 is 0 Å². The second-order valence-electron chi connectivity index (χ2n) is 4.73. The van der Waals surface area contributed by atoms with E-state index in [0.717, 1.165) is 25.2 Å². The Hall–Kier alpha value is -1.79. The third-order valence-corrected chi connectivity index (χ3v) is 3.22. The van der Waals surface area contributed by atoms with E-state index in [9.17, 15) is 4.39 Å². The lowest BCUT2D eigenvalue weighted by atomic mass is 10.2. The summed E-state index contributed by atoms with van der Waals surface area (Å²) >= 11 is 0. The highest BCUT2D eigenvalue weighted by Gasteiger charge is 2.23. The van der Waals surface area contributed by atoms with Gasteiger partial charge in [-0.15, -0.1) is 0 Å². The van der Waals surface area contributed by atoms with E-state index in [1.54, 1.807) is 12.1 Å². The molecule has 1 N–H and O–H groups in total. The van der Waals surface area contributed by atoms with Gasteiger partial charge >= 0.3 is 0 Å². The number of piperazine rings is 1. The second-order valence-corrected chi connectivity index (χ2v) is 4.73. The molecule has 1 aliphatic heterocycles. The smallest absolute Gasteiger partial charge is 0.245 e. The molecule has 1 atom stereocenters. The third kappa shape index (κ3) is 2.64. The van der Waals surface area contributed by atoms with Gasteiger partial charge in [-0.1, -0.05) is 5.16 Å². The lowest BCUT2D eigenvalue weighted by molar-refractivity contribution is 0.208. The van der Waals surface area contributed by atoms with Crippen molar-refractivity contribution in [3.63, 3.8) is 0 Å². The van der Waals surface area contributed by atoms with Crippen LogP contribution < -0.4 is 5.32 Å². The minimum Gasteiger partial charge on any atom is -0.337 e. The number of aromatic nitrogens is 2. The van der Waals surface area contributed by atoms with Gasteiger partial charge in [-0.25, -0.2) is 4.39 Å². The number of hydrogen-bond donors (Lipinski definition) is 1. The van der Waals surface area contributed by atoms with Crippen molar-refractivity contribution in [1.29, 1.82) is 0 Å². The molecule has 1 aromatic carbocycles. The van der Waals surface area contributed by atoms with Gasteiger partial charge in [0.1, 0.15) is 11.9 Å². The van der Waals surface area contributed by atoms with Crippen LogP contribution in [0, 0.1) is 5.82 Å². The van der Waals surface area contributed by atoms with Crippen LogP contribution in [0.15, 0.2) is 28.8 Å². The van der Waals surface area contributed by atoms with Crippen LogP contribution >= 0.6 is 0 Å². The fourth-order valence-corrected chi connectivity index (χ4v) is 2.16. The van der Waals surface area contributed by atoms with Gasteiger partial charge in [0.25, 0.3) is 0 Å². The van der Waals surface area contributed by atoms with Crippen LogP contribution in [0.4, 0.5) is 4.39 Å². The van der Waals surface area contributed by atoms with Crippen molar-refractivity contribution in [3.8, 4) is 11.4 Å². The molecule has 0 amide bonds. The molecule has 1 saturated heterocycles. The van der Waals surface area contributed by atoms with E-state index in [1.165, 1.54) is 12.1 Å². The number of rotatable bonds is 2. The number of nitrogens with zero attached hydrogens (tertiary/aromatic N) is 3. The number of hydrogen-bond acceptors (Lipinski definition) is 5. The van der Waals surface area contributed by atoms with Crippen LogP contribution in [0.5, 0.6) is 0 Å². The molecule has 3 rings (SSSR count). The van der Waals surface area contributed by atoms with Crippen molar-refractivity contribution in [2.75, 3.05) is 26.7 Å². The summed E-state index contributed by atoms with van der Waals surface area (Å²) in [6.07, 6.45) is 0. The molecule has 19 heavy (non-hydrogen) atoms. The molecule has 0 radical (unpaired) electrons. The SMILES string of the molecule is CN1CCNC(c2nc(-c3ccc(F)cc3)no2)C1. The predicted molar refractivity (Wildman–Crippen MR) is 67.9 cm³/mol. The van der Waals surface area contributed by atoms with E-state index in [0.29, 0.717) is 11.7 Å². The molecule has 5 nitrogen and oxygen atoms in total. The first-order valence-electron chi connectivity index (χ1n) is 6.24. The van der Waals surface area contributed by atoms with Gasteiger partial charge in [0, 0.05) is 25.2 Å². The zero-order valence-corrected chi connectivity index (χ0v) is 10.6. The zero-order valence-electron chi connectivity index (χ0n) is 10.6. The van der Waals surface area contributed by atoms with Crippen molar-refractivity contribution in [2.24, 2.45) is 0 Å². The van der Waals surface area contributed by atoms with Crippen molar-refractivity contribution in [1.82, 2.24) is 20.4 Å². The molecule has 100 valence electrons. The molecule has 2 heterocycles. The minimum absolute atomic E-state index is 0.0560. The van der Waals surface area contributed by atoms with E-state index in [4.69, 9.17) is 4.52 Å². The van der Waals surface area contributed by atoms with E-state index in [1.807, 2.05) is 0 Å². The van der Waals surface area contributed by atoms with Crippen LogP contribution in [0.1, 0.15) is 11.9 Å². The quantitative estimate of drug-likeness (QED) is 0.887.